The van der Waals surface area contributed by atoms with Crippen molar-refractivity contribution in [3.05, 3.63) is 75.4 Å². The smallest absolute Gasteiger partial charge is 0.267 e. The van der Waals surface area contributed by atoms with Crippen LogP contribution in [0.2, 0.25) is 0 Å². The number of carbonyl (C=O) groups is 1. The average molecular weight is 398 g/mol. The first-order valence-corrected chi connectivity index (χ1v) is 8.83. The summed E-state index contributed by atoms with van der Waals surface area (Å²) in [6, 6.07) is 15.6. The van der Waals surface area contributed by atoms with Gasteiger partial charge in [0.2, 0.25) is 0 Å². The molecule has 2 aromatic carbocycles. The maximum atomic E-state index is 12.4. The van der Waals surface area contributed by atoms with Crippen LogP contribution in [0.25, 0.3) is 0 Å². The minimum atomic E-state index is -0.411. The molecule has 0 spiro atoms. The zero-order valence-corrected chi connectivity index (χ0v) is 15.9. The molecule has 0 saturated heterocycles. The van der Waals surface area contributed by atoms with E-state index >= 15 is 0 Å². The topological polar surface area (TPSA) is 64.9 Å². The van der Waals surface area contributed by atoms with Crippen LogP contribution >= 0.6 is 15.9 Å². The van der Waals surface area contributed by atoms with E-state index in [9.17, 15) is 10.1 Å². The minimum Gasteiger partial charge on any atom is -0.386 e. The van der Waals surface area contributed by atoms with Crippen molar-refractivity contribution >= 4 is 27.5 Å². The van der Waals surface area contributed by atoms with Crippen LogP contribution in [0.1, 0.15) is 23.6 Å². The summed E-state index contributed by atoms with van der Waals surface area (Å²) in [5, 5.41) is 15.2. The molecule has 0 bridgehead atoms. The lowest BCUT2D eigenvalue weighted by atomic mass is 10.1. The highest BCUT2D eigenvalue weighted by Gasteiger charge is 2.13. The second kappa shape index (κ2) is 9.05. The lowest BCUT2D eigenvalue weighted by Gasteiger charge is -2.12. The van der Waals surface area contributed by atoms with Crippen molar-refractivity contribution in [3.63, 3.8) is 0 Å². The van der Waals surface area contributed by atoms with Crippen LogP contribution in [-0.2, 0) is 17.8 Å². The third-order valence-corrected chi connectivity index (χ3v) is 4.61. The molecular weight excluding hydrogens is 378 g/mol. The minimum absolute atomic E-state index is 0.0392. The van der Waals surface area contributed by atoms with Gasteiger partial charge in [0.25, 0.3) is 5.91 Å². The molecule has 2 N–H and O–H groups in total. The molecule has 1 amide bonds. The summed E-state index contributed by atoms with van der Waals surface area (Å²) in [6.45, 7) is 4.49. The third kappa shape index (κ3) is 4.94. The number of nitrogens with one attached hydrogen (secondary N) is 2. The van der Waals surface area contributed by atoms with E-state index in [4.69, 9.17) is 0 Å². The summed E-state index contributed by atoms with van der Waals surface area (Å²) >= 11 is 3.47. The van der Waals surface area contributed by atoms with Crippen LogP contribution in [0.5, 0.6) is 0 Å². The Balaban J connectivity index is 2.09. The van der Waals surface area contributed by atoms with Crippen LogP contribution in [0.3, 0.4) is 0 Å². The molecule has 2 rings (SSSR count). The molecule has 2 aromatic rings. The predicted octanol–water partition coefficient (Wildman–Crippen LogP) is 4.46. The fourth-order valence-corrected chi connectivity index (χ4v) is 2.86. The van der Waals surface area contributed by atoms with E-state index in [1.165, 1.54) is 6.20 Å². The first kappa shape index (κ1) is 18.8. The van der Waals surface area contributed by atoms with Gasteiger partial charge < -0.3 is 10.6 Å². The molecule has 5 heteroatoms. The largest absolute Gasteiger partial charge is 0.386 e. The molecule has 0 heterocycles. The van der Waals surface area contributed by atoms with Gasteiger partial charge in [-0.25, -0.2) is 0 Å². The molecule has 0 radical (unpaired) electrons. The zero-order chi connectivity index (χ0) is 18.2. The second-order valence-corrected chi connectivity index (χ2v) is 6.41. The van der Waals surface area contributed by atoms with Gasteiger partial charge in [-0.15, -0.1) is 0 Å². The molecule has 0 aliphatic heterocycles. The maximum absolute atomic E-state index is 12.4. The quantitative estimate of drug-likeness (QED) is 0.558. The summed E-state index contributed by atoms with van der Waals surface area (Å²) in [4.78, 5) is 12.4. The van der Waals surface area contributed by atoms with Crippen LogP contribution < -0.4 is 10.6 Å². The molecule has 0 aliphatic carbocycles. The lowest BCUT2D eigenvalue weighted by molar-refractivity contribution is -0.112. The molecule has 0 atom stereocenters. The van der Waals surface area contributed by atoms with E-state index in [0.717, 1.165) is 33.3 Å². The Labute approximate surface area is 156 Å². The highest BCUT2D eigenvalue weighted by atomic mass is 79.9. The number of nitrogens with zero attached hydrogens (tertiary/aromatic N) is 1. The number of carbonyl (C=O) groups excluding carboxylic acids is 1. The number of rotatable bonds is 6. The van der Waals surface area contributed by atoms with Gasteiger partial charge in [-0.05, 0) is 36.1 Å². The van der Waals surface area contributed by atoms with E-state index in [1.807, 2.05) is 62.4 Å². The van der Waals surface area contributed by atoms with Crippen LogP contribution in [0, 0.1) is 18.3 Å². The number of halogens is 1. The van der Waals surface area contributed by atoms with Crippen molar-refractivity contribution in [2.45, 2.75) is 26.8 Å². The summed E-state index contributed by atoms with van der Waals surface area (Å²) < 4.78 is 0.978. The number of benzene rings is 2. The molecule has 25 heavy (non-hydrogen) atoms. The number of para-hydroxylation sites is 1. The van der Waals surface area contributed by atoms with Crippen molar-refractivity contribution < 1.29 is 4.79 Å². The number of anilines is 1. The maximum Gasteiger partial charge on any atom is 0.267 e. The van der Waals surface area contributed by atoms with Crippen LogP contribution in [-0.4, -0.2) is 5.91 Å². The number of amides is 1. The molecule has 128 valence electrons. The van der Waals surface area contributed by atoms with Gasteiger partial charge in [-0.2, -0.15) is 5.26 Å². The number of hydrogen-bond donors (Lipinski definition) is 2. The highest BCUT2D eigenvalue weighted by Crippen LogP contribution is 2.21. The molecular formula is C20H20BrN3O. The standard InChI is InChI=1S/C20H20BrN3O/c1-3-15-9-6-7-14(2)19(15)24-20(25)17(11-22)13-23-12-16-8-4-5-10-18(16)21/h4-10,13,23H,3,12H2,1-2H3,(H,24,25)/b17-13-. The lowest BCUT2D eigenvalue weighted by Crippen LogP contribution is -2.18. The Kier molecular flexibility index (Phi) is 6.79. The number of hydrogen-bond acceptors (Lipinski definition) is 3. The Hall–Kier alpha value is -2.58. The van der Waals surface area contributed by atoms with Crippen molar-refractivity contribution in [2.75, 3.05) is 5.32 Å². The predicted molar refractivity (Wildman–Crippen MR) is 104 cm³/mol. The van der Waals surface area contributed by atoms with Gasteiger partial charge in [0.15, 0.2) is 0 Å². The molecule has 0 fully saturated rings. The van der Waals surface area contributed by atoms with Gasteiger partial charge in [-0.3, -0.25) is 4.79 Å². The van der Waals surface area contributed by atoms with Gasteiger partial charge >= 0.3 is 0 Å². The molecule has 0 aromatic heterocycles. The van der Waals surface area contributed by atoms with Gasteiger partial charge in [0.05, 0.1) is 0 Å². The summed E-state index contributed by atoms with van der Waals surface area (Å²) in [5.41, 5.74) is 3.89. The van der Waals surface area contributed by atoms with Crippen LogP contribution in [0.4, 0.5) is 5.69 Å². The summed E-state index contributed by atoms with van der Waals surface area (Å²) in [7, 11) is 0. The summed E-state index contributed by atoms with van der Waals surface area (Å²) in [5.74, 6) is -0.411. The third-order valence-electron chi connectivity index (χ3n) is 3.84. The van der Waals surface area contributed by atoms with Gasteiger partial charge in [-0.1, -0.05) is 59.3 Å². The Morgan fingerprint density at radius 3 is 2.60 bits per heavy atom. The van der Waals surface area contributed by atoms with E-state index < -0.39 is 5.91 Å². The van der Waals surface area contributed by atoms with E-state index in [1.54, 1.807) is 0 Å². The molecule has 0 aliphatic rings. The van der Waals surface area contributed by atoms with Gasteiger partial charge in [0.1, 0.15) is 11.6 Å². The highest BCUT2D eigenvalue weighted by molar-refractivity contribution is 9.10. The van der Waals surface area contributed by atoms with E-state index in [2.05, 4.69) is 26.6 Å². The van der Waals surface area contributed by atoms with Crippen LogP contribution in [0.15, 0.2) is 58.7 Å². The normalized spacial score (nSPS) is 10.9. The van der Waals surface area contributed by atoms with E-state index in [0.29, 0.717) is 6.54 Å². The molecule has 0 unspecified atom stereocenters. The van der Waals surface area contributed by atoms with Gasteiger partial charge in [0, 0.05) is 22.9 Å². The SMILES string of the molecule is CCc1cccc(C)c1NC(=O)/C(C#N)=C\NCc1ccccc1Br. The monoisotopic (exact) mass is 397 g/mol. The molecule has 4 nitrogen and oxygen atoms in total. The fraction of sp³-hybridized carbons (Fsp3) is 0.200. The zero-order valence-electron chi connectivity index (χ0n) is 14.3. The Bertz CT molecular complexity index is 837. The van der Waals surface area contributed by atoms with Crippen molar-refractivity contribution in [1.29, 1.82) is 5.26 Å². The summed E-state index contributed by atoms with van der Waals surface area (Å²) in [6.07, 6.45) is 2.27. The average Bonchev–Trinajstić information content (AvgIpc) is 2.61. The number of aryl methyl sites for hydroxylation is 2. The number of nitriles is 1. The molecule has 0 saturated carbocycles. The van der Waals surface area contributed by atoms with Crippen molar-refractivity contribution in [3.8, 4) is 6.07 Å². The first-order chi connectivity index (χ1) is 12.1. The van der Waals surface area contributed by atoms with Crippen molar-refractivity contribution in [2.24, 2.45) is 0 Å². The first-order valence-electron chi connectivity index (χ1n) is 8.03. The second-order valence-electron chi connectivity index (χ2n) is 5.56. The van der Waals surface area contributed by atoms with Crippen molar-refractivity contribution in [1.82, 2.24) is 5.32 Å². The van der Waals surface area contributed by atoms with E-state index in [-0.39, 0.29) is 5.57 Å². The Morgan fingerprint density at radius 2 is 1.92 bits per heavy atom. The Morgan fingerprint density at radius 1 is 1.20 bits per heavy atom. The fourth-order valence-electron chi connectivity index (χ4n) is 2.44.